The third kappa shape index (κ3) is 9.21. The van der Waals surface area contributed by atoms with Gasteiger partial charge in [0, 0.05) is 25.7 Å². The first-order valence-electron chi connectivity index (χ1n) is 12.4. The molecule has 1 aliphatic carbocycles. The van der Waals surface area contributed by atoms with E-state index in [1.165, 1.54) is 5.57 Å². The van der Waals surface area contributed by atoms with E-state index in [1.54, 1.807) is 0 Å². The predicted molar refractivity (Wildman–Crippen MR) is 142 cm³/mol. The van der Waals surface area contributed by atoms with Gasteiger partial charge < -0.3 is 31.1 Å². The summed E-state index contributed by atoms with van der Waals surface area (Å²) in [6, 6.07) is -0.575. The molecule has 2 fully saturated rings. The van der Waals surface area contributed by atoms with Crippen LogP contribution in [0.1, 0.15) is 71.1 Å². The van der Waals surface area contributed by atoms with Gasteiger partial charge in [-0.25, -0.2) is 0 Å². The van der Waals surface area contributed by atoms with E-state index in [-0.39, 0.29) is 55.1 Å². The van der Waals surface area contributed by atoms with Crippen LogP contribution >= 0.6 is 24.8 Å². The van der Waals surface area contributed by atoms with Crippen LogP contribution in [0.2, 0.25) is 0 Å². The number of likely N-dealkylation sites (tertiary alicyclic amines) is 1. The molecule has 0 aromatic rings. The van der Waals surface area contributed by atoms with Crippen molar-refractivity contribution >= 4 is 42.5 Å². The molecule has 9 nitrogen and oxygen atoms in total. The number of aliphatic carboxylic acids is 1. The number of halogens is 2. The molecule has 3 rings (SSSR count). The van der Waals surface area contributed by atoms with Gasteiger partial charge in [0.2, 0.25) is 0 Å². The van der Waals surface area contributed by atoms with Gasteiger partial charge in [0.05, 0.1) is 24.1 Å². The number of rotatable bonds is 10. The molecule has 35 heavy (non-hydrogen) atoms. The maximum atomic E-state index is 13.8. The van der Waals surface area contributed by atoms with Gasteiger partial charge in [-0.05, 0) is 71.3 Å². The minimum atomic E-state index is -0.955. The lowest BCUT2D eigenvalue weighted by Gasteiger charge is -2.41. The fraction of sp³-hybridized carbons (Fsp3) is 0.792. The zero-order chi connectivity index (χ0) is 23.8. The number of allylic oxidation sites excluding steroid dienone is 1. The van der Waals surface area contributed by atoms with Gasteiger partial charge in [-0.2, -0.15) is 0 Å². The molecular formula is C24H43Cl2N5O4. The van der Waals surface area contributed by atoms with Gasteiger partial charge in [0.25, 0.3) is 0 Å². The molecule has 2 aliphatic heterocycles. The lowest BCUT2D eigenvalue weighted by atomic mass is 9.78. The standard InChI is InChI=1S/C24H41N5O4.2ClH/c1-17-5-4-6-18(15-17)28-20(16-21(30)31)22(32)24(9-2-3-11-27-24)10-14-33-19-7-12-29(13-8-19)23(25)26;;/h5,18-20,27-28H,2-4,6-16H2,1H3,(H3,25,26)(H,30,31);2*1H/t18?,20-,24?;;/m0../s1. The van der Waals surface area contributed by atoms with E-state index in [0.29, 0.717) is 32.5 Å². The normalized spacial score (nSPS) is 26.0. The molecule has 6 N–H and O–H groups in total. The molecule has 0 saturated carbocycles. The number of nitrogens with two attached hydrogens (primary N) is 1. The van der Waals surface area contributed by atoms with E-state index in [1.807, 2.05) is 4.90 Å². The van der Waals surface area contributed by atoms with E-state index >= 15 is 0 Å². The van der Waals surface area contributed by atoms with Gasteiger partial charge in [-0.15, -0.1) is 24.8 Å². The van der Waals surface area contributed by atoms with Crippen LogP contribution in [0.4, 0.5) is 0 Å². The Morgan fingerprint density at radius 2 is 2.03 bits per heavy atom. The van der Waals surface area contributed by atoms with Gasteiger partial charge in [0.15, 0.2) is 11.7 Å². The molecule has 0 aromatic carbocycles. The van der Waals surface area contributed by atoms with Crippen molar-refractivity contribution < 1.29 is 19.4 Å². The summed E-state index contributed by atoms with van der Waals surface area (Å²) in [5.74, 6) is -0.889. The molecule has 2 saturated heterocycles. The Hall–Kier alpha value is -1.39. The van der Waals surface area contributed by atoms with Gasteiger partial charge in [-0.1, -0.05) is 11.6 Å². The number of ketones is 1. The van der Waals surface area contributed by atoms with Crippen molar-refractivity contribution in [3.8, 4) is 0 Å². The fourth-order valence-electron chi connectivity index (χ4n) is 5.45. The number of nitrogens with one attached hydrogen (secondary N) is 3. The van der Waals surface area contributed by atoms with Crippen LogP contribution in [0.25, 0.3) is 0 Å². The number of carbonyl (C=O) groups excluding carboxylic acids is 1. The molecule has 0 amide bonds. The lowest BCUT2D eigenvalue weighted by Crippen LogP contribution is -2.62. The molecule has 0 bridgehead atoms. The molecule has 202 valence electrons. The molecule has 3 atom stereocenters. The Morgan fingerprint density at radius 1 is 1.31 bits per heavy atom. The Labute approximate surface area is 221 Å². The first-order chi connectivity index (χ1) is 15.8. The second-order valence-corrected chi connectivity index (χ2v) is 9.87. The topological polar surface area (TPSA) is 141 Å². The molecule has 3 aliphatic rings. The predicted octanol–water partition coefficient (Wildman–Crippen LogP) is 2.61. The summed E-state index contributed by atoms with van der Waals surface area (Å²) in [5.41, 5.74) is 6.11. The fourth-order valence-corrected chi connectivity index (χ4v) is 5.45. The van der Waals surface area contributed by atoms with Crippen molar-refractivity contribution in [1.82, 2.24) is 15.5 Å². The zero-order valence-electron chi connectivity index (χ0n) is 20.7. The maximum Gasteiger partial charge on any atom is 0.305 e. The number of guanidine groups is 1. The summed E-state index contributed by atoms with van der Waals surface area (Å²) in [6.45, 7) is 4.72. The number of hydrogen-bond donors (Lipinski definition) is 5. The summed E-state index contributed by atoms with van der Waals surface area (Å²) in [6.07, 6.45) is 9.68. The van der Waals surface area contributed by atoms with E-state index in [4.69, 9.17) is 15.9 Å². The highest BCUT2D eigenvalue weighted by Gasteiger charge is 2.43. The van der Waals surface area contributed by atoms with Crippen LogP contribution in [0.3, 0.4) is 0 Å². The van der Waals surface area contributed by atoms with Gasteiger partial charge in [-0.3, -0.25) is 15.0 Å². The number of hydrogen-bond acceptors (Lipinski definition) is 6. The first-order valence-corrected chi connectivity index (χ1v) is 12.4. The molecule has 2 unspecified atom stereocenters. The molecule has 0 spiro atoms. The van der Waals surface area contributed by atoms with E-state index in [9.17, 15) is 14.7 Å². The third-order valence-electron chi connectivity index (χ3n) is 7.34. The molecule has 0 aromatic heterocycles. The van der Waals surface area contributed by atoms with Crippen molar-refractivity contribution in [2.75, 3.05) is 26.2 Å². The average Bonchev–Trinajstić information content (AvgIpc) is 2.79. The third-order valence-corrected chi connectivity index (χ3v) is 7.34. The highest BCUT2D eigenvalue weighted by Crippen LogP contribution is 2.28. The van der Waals surface area contributed by atoms with Crippen LogP contribution in [0.5, 0.6) is 0 Å². The van der Waals surface area contributed by atoms with E-state index < -0.39 is 17.6 Å². The Morgan fingerprint density at radius 3 is 2.60 bits per heavy atom. The number of nitrogens with zero attached hydrogens (tertiary/aromatic N) is 1. The minimum absolute atomic E-state index is 0. The average molecular weight is 537 g/mol. The van der Waals surface area contributed by atoms with Crippen molar-refractivity contribution in [1.29, 1.82) is 5.41 Å². The van der Waals surface area contributed by atoms with Crippen molar-refractivity contribution in [3.05, 3.63) is 11.6 Å². The number of ether oxygens (including phenoxy) is 1. The van der Waals surface area contributed by atoms with Crippen LogP contribution < -0.4 is 16.4 Å². The number of carboxylic acid groups (broad SMARTS) is 1. The Kier molecular flexibility index (Phi) is 13.6. The van der Waals surface area contributed by atoms with E-state index in [0.717, 1.165) is 51.5 Å². The van der Waals surface area contributed by atoms with Crippen LogP contribution in [0.15, 0.2) is 11.6 Å². The van der Waals surface area contributed by atoms with Crippen LogP contribution in [-0.2, 0) is 14.3 Å². The van der Waals surface area contributed by atoms with E-state index in [2.05, 4.69) is 23.6 Å². The van der Waals surface area contributed by atoms with Crippen molar-refractivity contribution in [2.24, 2.45) is 5.73 Å². The van der Waals surface area contributed by atoms with Crippen molar-refractivity contribution in [3.63, 3.8) is 0 Å². The maximum absolute atomic E-state index is 13.8. The number of Topliss-reactive ketones (excluding diaryl/α,β-unsaturated/α-hetero) is 1. The number of carboxylic acids is 1. The summed E-state index contributed by atoms with van der Waals surface area (Å²) in [4.78, 5) is 27.3. The SMILES string of the molecule is CC1=CCCC(N[C@@H](CC(=O)O)C(=O)C2(CCOC3CCN(C(=N)N)CC3)CCCCN2)C1.Cl.Cl. The smallest absolute Gasteiger partial charge is 0.305 e. The second kappa shape index (κ2) is 15.0. The number of piperidine rings is 2. The quantitative estimate of drug-likeness (QED) is 0.163. The van der Waals surface area contributed by atoms with Crippen LogP contribution in [-0.4, -0.2) is 77.7 Å². The summed E-state index contributed by atoms with van der Waals surface area (Å²) < 4.78 is 6.14. The van der Waals surface area contributed by atoms with Crippen molar-refractivity contribution in [2.45, 2.75) is 94.9 Å². The minimum Gasteiger partial charge on any atom is -0.481 e. The second-order valence-electron chi connectivity index (χ2n) is 9.87. The van der Waals surface area contributed by atoms with Gasteiger partial charge >= 0.3 is 5.97 Å². The largest absolute Gasteiger partial charge is 0.481 e. The van der Waals surface area contributed by atoms with Crippen LogP contribution in [0, 0.1) is 5.41 Å². The Balaban J connectivity index is 0.00000306. The molecule has 11 heteroatoms. The first kappa shape index (κ1) is 31.6. The summed E-state index contributed by atoms with van der Waals surface area (Å²) in [7, 11) is 0. The number of carbonyl (C=O) groups is 2. The molecule has 2 heterocycles. The summed E-state index contributed by atoms with van der Waals surface area (Å²) in [5, 5.41) is 24.0. The monoisotopic (exact) mass is 535 g/mol. The zero-order valence-corrected chi connectivity index (χ0v) is 22.4. The Bertz CT molecular complexity index is 737. The highest BCUT2D eigenvalue weighted by molar-refractivity contribution is 5.95. The lowest BCUT2D eigenvalue weighted by molar-refractivity contribution is -0.141. The van der Waals surface area contributed by atoms with Gasteiger partial charge in [0.1, 0.15) is 0 Å². The molecular weight excluding hydrogens is 493 g/mol. The highest BCUT2D eigenvalue weighted by atomic mass is 35.5. The summed E-state index contributed by atoms with van der Waals surface area (Å²) >= 11 is 0. The molecule has 0 radical (unpaired) electrons.